The van der Waals surface area contributed by atoms with Crippen molar-refractivity contribution in [2.24, 2.45) is 11.8 Å². The van der Waals surface area contributed by atoms with Crippen molar-refractivity contribution in [2.75, 3.05) is 12.3 Å². The molecule has 2 atom stereocenters. The summed E-state index contributed by atoms with van der Waals surface area (Å²) in [5, 5.41) is 4.42. The predicted octanol–water partition coefficient (Wildman–Crippen LogP) is 3.15. The third-order valence-corrected chi connectivity index (χ3v) is 4.73. The third kappa shape index (κ3) is 4.70. The average Bonchev–Trinajstić information content (AvgIpc) is 2.94. The van der Waals surface area contributed by atoms with Crippen LogP contribution in [0.3, 0.4) is 0 Å². The highest BCUT2D eigenvalue weighted by atomic mass is 32.2. The summed E-state index contributed by atoms with van der Waals surface area (Å²) in [6.07, 6.45) is 2.90. The summed E-state index contributed by atoms with van der Waals surface area (Å²) in [5.41, 5.74) is 0. The topological polar surface area (TPSA) is 12.0 Å². The van der Waals surface area contributed by atoms with Gasteiger partial charge in [0, 0.05) is 23.6 Å². The molecule has 2 unspecified atom stereocenters. The largest absolute Gasteiger partial charge is 0.313 e. The number of rotatable bonds is 7. The Labute approximate surface area is 93.4 Å². The summed E-state index contributed by atoms with van der Waals surface area (Å²) in [7, 11) is 0. The fourth-order valence-corrected chi connectivity index (χ4v) is 2.48. The van der Waals surface area contributed by atoms with Crippen molar-refractivity contribution in [1.82, 2.24) is 5.32 Å². The van der Waals surface area contributed by atoms with Gasteiger partial charge in [-0.25, -0.2) is 0 Å². The van der Waals surface area contributed by atoms with Crippen LogP contribution >= 0.6 is 11.8 Å². The molecular formula is C12H25NS. The van der Waals surface area contributed by atoms with Crippen LogP contribution in [0.25, 0.3) is 0 Å². The van der Waals surface area contributed by atoms with Crippen LogP contribution in [-0.4, -0.2) is 23.6 Å². The third-order valence-electron chi connectivity index (χ3n) is 3.22. The fourth-order valence-electron chi connectivity index (χ4n) is 1.49. The molecular weight excluding hydrogens is 190 g/mol. The maximum atomic E-state index is 3.62. The van der Waals surface area contributed by atoms with Crippen molar-refractivity contribution >= 4 is 11.8 Å². The van der Waals surface area contributed by atoms with Gasteiger partial charge in [0.15, 0.2) is 0 Å². The Balaban J connectivity index is 1.93. The van der Waals surface area contributed by atoms with Crippen LogP contribution in [0.4, 0.5) is 0 Å². The monoisotopic (exact) mass is 215 g/mol. The maximum absolute atomic E-state index is 3.62. The van der Waals surface area contributed by atoms with E-state index in [1.807, 2.05) is 0 Å². The van der Waals surface area contributed by atoms with Crippen LogP contribution in [0.15, 0.2) is 0 Å². The Morgan fingerprint density at radius 2 is 1.86 bits per heavy atom. The van der Waals surface area contributed by atoms with Crippen LogP contribution < -0.4 is 5.32 Å². The van der Waals surface area contributed by atoms with E-state index in [0.29, 0.717) is 0 Å². The second kappa shape index (κ2) is 6.02. The fraction of sp³-hybridized carbons (Fsp3) is 1.00. The number of nitrogens with one attached hydrogen (secondary N) is 1. The lowest BCUT2D eigenvalue weighted by atomic mass is 10.2. The van der Waals surface area contributed by atoms with E-state index in [4.69, 9.17) is 0 Å². The van der Waals surface area contributed by atoms with Gasteiger partial charge in [-0.15, -0.1) is 0 Å². The molecule has 0 amide bonds. The first-order valence-corrected chi connectivity index (χ1v) is 7.01. The summed E-state index contributed by atoms with van der Waals surface area (Å²) in [6.45, 7) is 10.4. The van der Waals surface area contributed by atoms with E-state index < -0.39 is 0 Å². The van der Waals surface area contributed by atoms with Crippen LogP contribution in [0, 0.1) is 11.8 Å². The quantitative estimate of drug-likeness (QED) is 0.655. The number of hydrogen-bond acceptors (Lipinski definition) is 2. The molecule has 1 N–H and O–H groups in total. The van der Waals surface area contributed by atoms with E-state index in [0.717, 1.165) is 23.1 Å². The molecule has 1 saturated carbocycles. The zero-order valence-electron chi connectivity index (χ0n) is 10.0. The summed E-state index contributed by atoms with van der Waals surface area (Å²) >= 11 is 2.10. The van der Waals surface area contributed by atoms with Crippen molar-refractivity contribution < 1.29 is 0 Å². The lowest BCUT2D eigenvalue weighted by Crippen LogP contribution is -2.30. The molecule has 1 nitrogen and oxygen atoms in total. The molecule has 1 rings (SSSR count). The summed E-state index contributed by atoms with van der Waals surface area (Å²) in [4.78, 5) is 0. The normalized spacial score (nSPS) is 21.2. The van der Waals surface area contributed by atoms with Gasteiger partial charge in [-0.1, -0.05) is 20.8 Å². The summed E-state index contributed by atoms with van der Waals surface area (Å²) in [6, 6.07) is 0.755. The molecule has 14 heavy (non-hydrogen) atoms. The Hall–Kier alpha value is 0.310. The Bertz CT molecular complexity index is 144. The standard InChI is InChI=1S/C12H25NS/c1-9(2)11(4)14-8-7-13-10(3)12-5-6-12/h9-13H,5-8H2,1-4H3. The lowest BCUT2D eigenvalue weighted by molar-refractivity contribution is 0.514. The van der Waals surface area contributed by atoms with E-state index >= 15 is 0 Å². The minimum absolute atomic E-state index is 0.755. The summed E-state index contributed by atoms with van der Waals surface area (Å²) in [5.74, 6) is 3.06. The SMILES string of the molecule is CC(C)C(C)SCCNC(C)C1CC1. The van der Waals surface area contributed by atoms with Gasteiger partial charge in [0.25, 0.3) is 0 Å². The second-order valence-electron chi connectivity index (χ2n) is 4.90. The van der Waals surface area contributed by atoms with Crippen LogP contribution in [0.5, 0.6) is 0 Å². The van der Waals surface area contributed by atoms with E-state index in [1.165, 1.54) is 25.1 Å². The molecule has 0 heterocycles. The molecule has 0 aliphatic heterocycles. The molecule has 2 heteroatoms. The van der Waals surface area contributed by atoms with Crippen molar-refractivity contribution in [2.45, 2.75) is 51.8 Å². The first-order valence-electron chi connectivity index (χ1n) is 5.96. The predicted molar refractivity (Wildman–Crippen MR) is 66.9 cm³/mol. The van der Waals surface area contributed by atoms with E-state index in [1.54, 1.807) is 0 Å². The Morgan fingerprint density at radius 1 is 1.21 bits per heavy atom. The van der Waals surface area contributed by atoms with Crippen molar-refractivity contribution in [3.63, 3.8) is 0 Å². The highest BCUT2D eigenvalue weighted by Crippen LogP contribution is 2.32. The van der Waals surface area contributed by atoms with Gasteiger partial charge in [0.2, 0.25) is 0 Å². The zero-order valence-corrected chi connectivity index (χ0v) is 10.9. The van der Waals surface area contributed by atoms with E-state index in [2.05, 4.69) is 44.8 Å². The van der Waals surface area contributed by atoms with Crippen LogP contribution in [0.2, 0.25) is 0 Å². The van der Waals surface area contributed by atoms with Gasteiger partial charge in [0.05, 0.1) is 0 Å². The van der Waals surface area contributed by atoms with Gasteiger partial charge >= 0.3 is 0 Å². The van der Waals surface area contributed by atoms with Crippen molar-refractivity contribution in [3.05, 3.63) is 0 Å². The lowest BCUT2D eigenvalue weighted by Gasteiger charge is -2.16. The van der Waals surface area contributed by atoms with Gasteiger partial charge in [-0.3, -0.25) is 0 Å². The molecule has 0 bridgehead atoms. The first-order chi connectivity index (χ1) is 6.61. The molecule has 1 aliphatic rings. The molecule has 0 radical (unpaired) electrons. The Kier molecular flexibility index (Phi) is 5.32. The smallest absolute Gasteiger partial charge is 0.00673 e. The van der Waals surface area contributed by atoms with Gasteiger partial charge in [-0.05, 0) is 31.6 Å². The van der Waals surface area contributed by atoms with Gasteiger partial charge < -0.3 is 5.32 Å². The van der Waals surface area contributed by atoms with Gasteiger partial charge in [0.1, 0.15) is 0 Å². The van der Waals surface area contributed by atoms with Gasteiger partial charge in [-0.2, -0.15) is 11.8 Å². The Morgan fingerprint density at radius 3 is 2.36 bits per heavy atom. The number of hydrogen-bond donors (Lipinski definition) is 1. The van der Waals surface area contributed by atoms with Crippen molar-refractivity contribution in [1.29, 1.82) is 0 Å². The second-order valence-corrected chi connectivity index (χ2v) is 6.39. The molecule has 1 aliphatic carbocycles. The number of thioether (sulfide) groups is 1. The molecule has 84 valence electrons. The van der Waals surface area contributed by atoms with Crippen LogP contribution in [0.1, 0.15) is 40.5 Å². The van der Waals surface area contributed by atoms with Crippen molar-refractivity contribution in [3.8, 4) is 0 Å². The molecule has 1 fully saturated rings. The minimum atomic E-state index is 0.755. The average molecular weight is 215 g/mol. The highest BCUT2D eigenvalue weighted by Gasteiger charge is 2.27. The van der Waals surface area contributed by atoms with E-state index in [9.17, 15) is 0 Å². The van der Waals surface area contributed by atoms with E-state index in [-0.39, 0.29) is 0 Å². The zero-order chi connectivity index (χ0) is 10.6. The maximum Gasteiger partial charge on any atom is 0.00673 e. The molecule has 0 saturated heterocycles. The first kappa shape index (κ1) is 12.4. The summed E-state index contributed by atoms with van der Waals surface area (Å²) < 4.78 is 0. The molecule has 0 spiro atoms. The minimum Gasteiger partial charge on any atom is -0.313 e. The highest BCUT2D eigenvalue weighted by molar-refractivity contribution is 7.99. The molecule has 0 aromatic heterocycles. The van der Waals surface area contributed by atoms with Crippen LogP contribution in [-0.2, 0) is 0 Å². The molecule has 0 aromatic carbocycles. The molecule has 0 aromatic rings.